The summed E-state index contributed by atoms with van der Waals surface area (Å²) < 4.78 is 47.3. The highest BCUT2D eigenvalue weighted by molar-refractivity contribution is 5.68. The molecule has 0 unspecified atom stereocenters. The zero-order chi connectivity index (χ0) is 18.0. The summed E-state index contributed by atoms with van der Waals surface area (Å²) in [6, 6.07) is 1.39. The minimum absolute atomic E-state index is 0.0872. The van der Waals surface area contributed by atoms with Crippen molar-refractivity contribution in [2.45, 2.75) is 38.7 Å². The lowest BCUT2D eigenvalue weighted by molar-refractivity contribution is -0.106. The van der Waals surface area contributed by atoms with Crippen LogP contribution in [0, 0.1) is 11.7 Å². The number of nitrogens with zero attached hydrogens (tertiary/aromatic N) is 2. The summed E-state index contributed by atoms with van der Waals surface area (Å²) in [5.41, 5.74) is -0.598. The van der Waals surface area contributed by atoms with Crippen molar-refractivity contribution < 1.29 is 22.7 Å². The van der Waals surface area contributed by atoms with Crippen LogP contribution in [0.3, 0.4) is 0 Å². The Bertz CT molecular complexity index is 590. The molecule has 2 rings (SSSR count). The van der Waals surface area contributed by atoms with Gasteiger partial charge in [0.1, 0.15) is 5.60 Å². The van der Waals surface area contributed by atoms with Gasteiger partial charge >= 0.3 is 6.09 Å². The van der Waals surface area contributed by atoms with E-state index in [0.717, 1.165) is 11.1 Å². The van der Waals surface area contributed by atoms with Crippen LogP contribution in [0.4, 0.5) is 23.7 Å². The van der Waals surface area contributed by atoms with Crippen LogP contribution in [0.5, 0.6) is 0 Å². The van der Waals surface area contributed by atoms with Crippen LogP contribution < -0.4 is 5.32 Å². The van der Waals surface area contributed by atoms with Gasteiger partial charge in [-0.1, -0.05) is 0 Å². The van der Waals surface area contributed by atoms with Gasteiger partial charge in [0.2, 0.25) is 0 Å². The first-order valence-corrected chi connectivity index (χ1v) is 7.77. The summed E-state index contributed by atoms with van der Waals surface area (Å²) in [5.74, 6) is -4.66. The van der Waals surface area contributed by atoms with E-state index in [1.54, 1.807) is 20.8 Å². The van der Waals surface area contributed by atoms with Crippen LogP contribution in [-0.2, 0) is 4.74 Å². The number of pyridine rings is 1. The van der Waals surface area contributed by atoms with E-state index in [-0.39, 0.29) is 25.2 Å². The SMILES string of the molecule is CC(C)(C)OC(=O)N1CC[C@@H](CNc2ccncc2F)C(F)(F)C1. The van der Waals surface area contributed by atoms with Crippen molar-refractivity contribution in [3.8, 4) is 0 Å². The molecule has 1 N–H and O–H groups in total. The molecule has 1 aromatic heterocycles. The second-order valence-corrected chi connectivity index (χ2v) is 6.88. The molecule has 1 amide bonds. The number of aromatic nitrogens is 1. The maximum absolute atomic E-state index is 14.3. The van der Waals surface area contributed by atoms with Crippen molar-refractivity contribution in [3.63, 3.8) is 0 Å². The molecule has 0 spiro atoms. The number of hydrogen-bond acceptors (Lipinski definition) is 4. The van der Waals surface area contributed by atoms with Crippen molar-refractivity contribution in [2.75, 3.05) is 25.0 Å². The van der Waals surface area contributed by atoms with Crippen LogP contribution in [0.2, 0.25) is 0 Å². The largest absolute Gasteiger partial charge is 0.444 e. The highest BCUT2D eigenvalue weighted by Crippen LogP contribution is 2.33. The Hall–Kier alpha value is -1.99. The standard InChI is InChI=1S/C16H22F3N3O2/c1-15(2,3)24-14(23)22-7-5-11(16(18,19)10-22)8-21-13-4-6-20-9-12(13)17/h4,6,9,11H,5,7-8,10H2,1-3H3,(H,20,21)/t11-/m0/s1. The Morgan fingerprint density at radius 3 is 2.79 bits per heavy atom. The summed E-state index contributed by atoms with van der Waals surface area (Å²) in [6.07, 6.45) is 1.76. The highest BCUT2D eigenvalue weighted by atomic mass is 19.3. The number of amides is 1. The van der Waals surface area contributed by atoms with E-state index >= 15 is 0 Å². The van der Waals surface area contributed by atoms with Gasteiger partial charge in [0.25, 0.3) is 5.92 Å². The summed E-state index contributed by atoms with van der Waals surface area (Å²) in [6.45, 7) is 4.44. The van der Waals surface area contributed by atoms with Gasteiger partial charge in [-0.2, -0.15) is 0 Å². The molecule has 1 atom stereocenters. The van der Waals surface area contributed by atoms with E-state index in [0.29, 0.717) is 0 Å². The van der Waals surface area contributed by atoms with Gasteiger partial charge in [-0.15, -0.1) is 0 Å². The van der Waals surface area contributed by atoms with E-state index in [2.05, 4.69) is 10.3 Å². The molecule has 1 aliphatic heterocycles. The normalized spacial score (nSPS) is 20.6. The highest BCUT2D eigenvalue weighted by Gasteiger charge is 2.46. The molecule has 5 nitrogen and oxygen atoms in total. The lowest BCUT2D eigenvalue weighted by Crippen LogP contribution is -2.53. The topological polar surface area (TPSA) is 54.5 Å². The maximum atomic E-state index is 14.3. The number of nitrogens with one attached hydrogen (secondary N) is 1. The van der Waals surface area contributed by atoms with Crippen LogP contribution >= 0.6 is 0 Å². The van der Waals surface area contributed by atoms with Crippen LogP contribution in [-0.4, -0.2) is 47.1 Å². The lowest BCUT2D eigenvalue weighted by Gasteiger charge is -2.38. The predicted molar refractivity (Wildman–Crippen MR) is 83.5 cm³/mol. The molecule has 2 heterocycles. The number of piperidine rings is 1. The van der Waals surface area contributed by atoms with Crippen molar-refractivity contribution in [1.82, 2.24) is 9.88 Å². The number of carbonyl (C=O) groups excluding carboxylic acids is 1. The predicted octanol–water partition coefficient (Wildman–Crippen LogP) is 3.52. The first-order chi connectivity index (χ1) is 11.1. The molecular weight excluding hydrogens is 323 g/mol. The fourth-order valence-corrected chi connectivity index (χ4v) is 2.47. The van der Waals surface area contributed by atoms with Crippen molar-refractivity contribution in [2.24, 2.45) is 5.92 Å². The Morgan fingerprint density at radius 1 is 1.50 bits per heavy atom. The monoisotopic (exact) mass is 345 g/mol. The van der Waals surface area contributed by atoms with Gasteiger partial charge < -0.3 is 15.0 Å². The molecule has 0 bridgehead atoms. The number of rotatable bonds is 3. The maximum Gasteiger partial charge on any atom is 0.410 e. The van der Waals surface area contributed by atoms with Gasteiger partial charge in [-0.25, -0.2) is 18.0 Å². The Labute approximate surface area is 139 Å². The van der Waals surface area contributed by atoms with Gasteiger partial charge in [-0.3, -0.25) is 4.98 Å². The minimum Gasteiger partial charge on any atom is -0.444 e. The fraction of sp³-hybridized carbons (Fsp3) is 0.625. The number of alkyl halides is 2. The third-order valence-electron chi connectivity index (χ3n) is 3.71. The molecule has 0 radical (unpaired) electrons. The van der Waals surface area contributed by atoms with Gasteiger partial charge in [-0.05, 0) is 33.3 Å². The van der Waals surface area contributed by atoms with E-state index in [9.17, 15) is 18.0 Å². The van der Waals surface area contributed by atoms with Crippen molar-refractivity contribution >= 4 is 11.8 Å². The summed E-state index contributed by atoms with van der Waals surface area (Å²) >= 11 is 0. The number of hydrogen-bond donors (Lipinski definition) is 1. The quantitative estimate of drug-likeness (QED) is 0.911. The van der Waals surface area contributed by atoms with Crippen LogP contribution in [0.15, 0.2) is 18.5 Å². The lowest BCUT2D eigenvalue weighted by atomic mass is 9.93. The summed E-state index contributed by atoms with van der Waals surface area (Å²) in [7, 11) is 0. The number of carbonyl (C=O) groups is 1. The average Bonchev–Trinajstić information content (AvgIpc) is 2.45. The second-order valence-electron chi connectivity index (χ2n) is 6.88. The number of anilines is 1. The molecule has 1 aliphatic rings. The Morgan fingerprint density at radius 2 is 2.21 bits per heavy atom. The molecule has 1 aromatic rings. The Kier molecular flexibility index (Phi) is 5.25. The van der Waals surface area contributed by atoms with Crippen LogP contribution in [0.25, 0.3) is 0 Å². The molecule has 0 saturated carbocycles. The van der Waals surface area contributed by atoms with Crippen molar-refractivity contribution in [1.29, 1.82) is 0 Å². The summed E-state index contributed by atoms with van der Waals surface area (Å²) in [5, 5.41) is 2.69. The summed E-state index contributed by atoms with van der Waals surface area (Å²) in [4.78, 5) is 16.6. The molecular formula is C16H22F3N3O2. The van der Waals surface area contributed by atoms with E-state index < -0.39 is 35.9 Å². The zero-order valence-electron chi connectivity index (χ0n) is 14.0. The van der Waals surface area contributed by atoms with E-state index in [1.165, 1.54) is 12.3 Å². The third kappa shape index (κ3) is 4.75. The smallest absolute Gasteiger partial charge is 0.410 e. The molecule has 134 valence electrons. The zero-order valence-corrected chi connectivity index (χ0v) is 14.0. The molecule has 8 heteroatoms. The van der Waals surface area contributed by atoms with Gasteiger partial charge in [0.15, 0.2) is 5.82 Å². The number of ether oxygens (including phenoxy) is 1. The molecule has 0 aromatic carbocycles. The first-order valence-electron chi connectivity index (χ1n) is 7.77. The second kappa shape index (κ2) is 6.86. The third-order valence-corrected chi connectivity index (χ3v) is 3.71. The minimum atomic E-state index is -3.08. The molecule has 1 saturated heterocycles. The number of halogens is 3. The average molecular weight is 345 g/mol. The fourth-order valence-electron chi connectivity index (χ4n) is 2.47. The molecule has 0 aliphatic carbocycles. The first kappa shape index (κ1) is 18.4. The Balaban J connectivity index is 1.94. The van der Waals surface area contributed by atoms with E-state index in [4.69, 9.17) is 4.74 Å². The van der Waals surface area contributed by atoms with E-state index in [1.807, 2.05) is 0 Å². The molecule has 1 fully saturated rings. The van der Waals surface area contributed by atoms with Crippen molar-refractivity contribution in [3.05, 3.63) is 24.3 Å². The van der Waals surface area contributed by atoms with Gasteiger partial charge in [0.05, 0.1) is 18.4 Å². The van der Waals surface area contributed by atoms with Crippen LogP contribution in [0.1, 0.15) is 27.2 Å². The van der Waals surface area contributed by atoms with Gasteiger partial charge in [0, 0.05) is 25.2 Å². The molecule has 24 heavy (non-hydrogen) atoms. The number of likely N-dealkylation sites (tertiary alicyclic amines) is 1.